The molecular weight excluding hydrogens is 232 g/mol. The predicted octanol–water partition coefficient (Wildman–Crippen LogP) is 4.33. The number of hydrogen-bond donors (Lipinski definition) is 2. The molecule has 0 bridgehead atoms. The van der Waals surface area contributed by atoms with E-state index < -0.39 is 0 Å². The molecule has 0 amide bonds. The number of nitrogen functional groups attached to an aromatic ring is 2. The Hall–Kier alpha value is -1.44. The summed E-state index contributed by atoms with van der Waals surface area (Å²) in [7, 11) is 0. The van der Waals surface area contributed by atoms with Gasteiger partial charge in [-0.1, -0.05) is 39.0 Å². The van der Waals surface area contributed by atoms with Crippen molar-refractivity contribution in [1.29, 1.82) is 0 Å². The molecule has 0 aromatic heterocycles. The molecule has 0 saturated heterocycles. The molecule has 0 aliphatic carbocycles. The van der Waals surface area contributed by atoms with Gasteiger partial charge in [0.25, 0.3) is 0 Å². The SMILES string of the molecule is Cc1ccc(N)c(CC/C=C/C(C)CC(C)C)c1N. The van der Waals surface area contributed by atoms with Crippen LogP contribution in [0.5, 0.6) is 0 Å². The highest BCUT2D eigenvalue weighted by Crippen LogP contribution is 2.24. The van der Waals surface area contributed by atoms with Gasteiger partial charge in [0.1, 0.15) is 0 Å². The van der Waals surface area contributed by atoms with Gasteiger partial charge in [0.15, 0.2) is 0 Å². The van der Waals surface area contributed by atoms with Crippen LogP contribution >= 0.6 is 0 Å². The van der Waals surface area contributed by atoms with E-state index in [2.05, 4.69) is 32.9 Å². The molecule has 0 aliphatic rings. The minimum Gasteiger partial charge on any atom is -0.398 e. The maximum absolute atomic E-state index is 6.09. The number of nitrogens with two attached hydrogens (primary N) is 2. The third-order valence-electron chi connectivity index (χ3n) is 3.48. The van der Waals surface area contributed by atoms with E-state index in [-0.39, 0.29) is 0 Å². The molecule has 0 fully saturated rings. The van der Waals surface area contributed by atoms with Gasteiger partial charge < -0.3 is 11.5 Å². The molecule has 1 aromatic rings. The first-order valence-corrected chi connectivity index (χ1v) is 7.22. The third kappa shape index (κ3) is 4.98. The lowest BCUT2D eigenvalue weighted by Gasteiger charge is -2.11. The van der Waals surface area contributed by atoms with Gasteiger partial charge in [-0.3, -0.25) is 0 Å². The molecule has 106 valence electrons. The smallest absolute Gasteiger partial charge is 0.0397 e. The zero-order valence-electron chi connectivity index (χ0n) is 12.7. The molecule has 4 N–H and O–H groups in total. The number of allylic oxidation sites excluding steroid dienone is 2. The highest BCUT2D eigenvalue weighted by atomic mass is 14.6. The first kappa shape index (κ1) is 15.6. The second-order valence-corrected chi connectivity index (χ2v) is 5.94. The normalized spacial score (nSPS) is 13.3. The van der Waals surface area contributed by atoms with E-state index in [9.17, 15) is 0 Å². The molecule has 1 aromatic carbocycles. The lowest BCUT2D eigenvalue weighted by Crippen LogP contribution is -2.02. The van der Waals surface area contributed by atoms with Crippen LogP contribution in [0.4, 0.5) is 11.4 Å². The second kappa shape index (κ2) is 7.22. The predicted molar refractivity (Wildman–Crippen MR) is 86.1 cm³/mol. The fourth-order valence-electron chi connectivity index (χ4n) is 2.46. The van der Waals surface area contributed by atoms with Crippen molar-refractivity contribution < 1.29 is 0 Å². The second-order valence-electron chi connectivity index (χ2n) is 5.94. The molecule has 1 rings (SSSR count). The fraction of sp³-hybridized carbons (Fsp3) is 0.529. The van der Waals surface area contributed by atoms with Crippen LogP contribution in [0.2, 0.25) is 0 Å². The van der Waals surface area contributed by atoms with Crippen LogP contribution in [0.25, 0.3) is 0 Å². The lowest BCUT2D eigenvalue weighted by atomic mass is 9.97. The first-order chi connectivity index (χ1) is 8.91. The highest BCUT2D eigenvalue weighted by molar-refractivity contribution is 5.65. The molecule has 0 spiro atoms. The van der Waals surface area contributed by atoms with Gasteiger partial charge in [0.05, 0.1) is 0 Å². The summed E-state index contributed by atoms with van der Waals surface area (Å²) in [5, 5.41) is 0. The van der Waals surface area contributed by atoms with E-state index in [1.807, 2.05) is 19.1 Å². The van der Waals surface area contributed by atoms with Crippen molar-refractivity contribution in [3.05, 3.63) is 35.4 Å². The monoisotopic (exact) mass is 260 g/mol. The maximum Gasteiger partial charge on any atom is 0.0397 e. The zero-order chi connectivity index (χ0) is 14.4. The molecule has 2 heteroatoms. The molecule has 0 radical (unpaired) electrons. The van der Waals surface area contributed by atoms with Crippen LogP contribution in [-0.4, -0.2) is 0 Å². The number of hydrogen-bond acceptors (Lipinski definition) is 2. The van der Waals surface area contributed by atoms with Crippen molar-refractivity contribution in [2.24, 2.45) is 11.8 Å². The van der Waals surface area contributed by atoms with Crippen LogP contribution in [0.3, 0.4) is 0 Å². The van der Waals surface area contributed by atoms with Gasteiger partial charge in [-0.15, -0.1) is 0 Å². The van der Waals surface area contributed by atoms with E-state index in [4.69, 9.17) is 11.5 Å². The summed E-state index contributed by atoms with van der Waals surface area (Å²) in [5.41, 5.74) is 16.0. The largest absolute Gasteiger partial charge is 0.398 e. The standard InChI is InChI=1S/C17H28N2/c1-12(2)11-13(3)7-5-6-8-15-16(18)10-9-14(4)17(15)19/h5,7,9-10,12-13H,6,8,11,18-19H2,1-4H3/b7-5+. The van der Waals surface area contributed by atoms with Gasteiger partial charge in [-0.2, -0.15) is 0 Å². The van der Waals surface area contributed by atoms with Crippen molar-refractivity contribution in [1.82, 2.24) is 0 Å². The maximum atomic E-state index is 6.09. The minimum absolute atomic E-state index is 0.646. The fourth-order valence-corrected chi connectivity index (χ4v) is 2.46. The summed E-state index contributed by atoms with van der Waals surface area (Å²) >= 11 is 0. The van der Waals surface area contributed by atoms with Crippen LogP contribution in [0.1, 0.15) is 44.7 Å². The third-order valence-corrected chi connectivity index (χ3v) is 3.48. The van der Waals surface area contributed by atoms with Gasteiger partial charge in [0, 0.05) is 11.4 Å². The van der Waals surface area contributed by atoms with E-state index in [1.54, 1.807) is 0 Å². The Kier molecular flexibility index (Phi) is 5.94. The Morgan fingerprint density at radius 2 is 1.84 bits per heavy atom. The van der Waals surface area contributed by atoms with Crippen LogP contribution in [0, 0.1) is 18.8 Å². The number of anilines is 2. The van der Waals surface area contributed by atoms with Crippen LogP contribution in [0.15, 0.2) is 24.3 Å². The molecule has 1 unspecified atom stereocenters. The highest BCUT2D eigenvalue weighted by Gasteiger charge is 2.05. The van der Waals surface area contributed by atoms with Gasteiger partial charge in [-0.05, 0) is 55.2 Å². The minimum atomic E-state index is 0.646. The summed E-state index contributed by atoms with van der Waals surface area (Å²) < 4.78 is 0. The number of aryl methyl sites for hydroxylation is 1. The summed E-state index contributed by atoms with van der Waals surface area (Å²) in [6.07, 6.45) is 7.73. The molecule has 0 heterocycles. The van der Waals surface area contributed by atoms with E-state index in [0.29, 0.717) is 5.92 Å². The average Bonchev–Trinajstić information content (AvgIpc) is 2.32. The van der Waals surface area contributed by atoms with E-state index in [1.165, 1.54) is 6.42 Å². The summed E-state index contributed by atoms with van der Waals surface area (Å²) in [6.45, 7) is 8.82. The molecule has 0 saturated carbocycles. The molecule has 19 heavy (non-hydrogen) atoms. The van der Waals surface area contributed by atoms with Gasteiger partial charge in [-0.25, -0.2) is 0 Å². The van der Waals surface area contributed by atoms with Crippen molar-refractivity contribution >= 4 is 11.4 Å². The van der Waals surface area contributed by atoms with Gasteiger partial charge >= 0.3 is 0 Å². The Morgan fingerprint density at radius 3 is 2.47 bits per heavy atom. The van der Waals surface area contributed by atoms with Crippen LogP contribution in [-0.2, 0) is 6.42 Å². The molecular formula is C17H28N2. The Labute approximate surface area is 117 Å². The average molecular weight is 260 g/mol. The Bertz CT molecular complexity index is 433. The van der Waals surface area contributed by atoms with Crippen LogP contribution < -0.4 is 11.5 Å². The lowest BCUT2D eigenvalue weighted by molar-refractivity contribution is 0.502. The van der Waals surface area contributed by atoms with Crippen molar-refractivity contribution in [2.75, 3.05) is 11.5 Å². The molecule has 1 atom stereocenters. The Morgan fingerprint density at radius 1 is 1.16 bits per heavy atom. The van der Waals surface area contributed by atoms with Gasteiger partial charge in [0.2, 0.25) is 0 Å². The number of rotatable bonds is 6. The molecule has 2 nitrogen and oxygen atoms in total. The quantitative estimate of drug-likeness (QED) is 0.591. The first-order valence-electron chi connectivity index (χ1n) is 7.22. The summed E-state index contributed by atoms with van der Waals surface area (Å²) in [5.74, 6) is 1.40. The number of benzene rings is 1. The van der Waals surface area contributed by atoms with Crippen molar-refractivity contribution in [2.45, 2.75) is 47.0 Å². The topological polar surface area (TPSA) is 52.0 Å². The molecule has 0 aliphatic heterocycles. The van der Waals surface area contributed by atoms with Crippen molar-refractivity contribution in [3.8, 4) is 0 Å². The van der Waals surface area contributed by atoms with E-state index in [0.717, 1.165) is 41.3 Å². The van der Waals surface area contributed by atoms with E-state index >= 15 is 0 Å². The van der Waals surface area contributed by atoms with Crippen molar-refractivity contribution in [3.63, 3.8) is 0 Å². The zero-order valence-corrected chi connectivity index (χ0v) is 12.7. The summed E-state index contributed by atoms with van der Waals surface area (Å²) in [4.78, 5) is 0. The summed E-state index contributed by atoms with van der Waals surface area (Å²) in [6, 6.07) is 3.93. The Balaban J connectivity index is 2.54.